The average Bonchev–Trinajstić information content (AvgIpc) is 2.35. The molecule has 0 bridgehead atoms. The van der Waals surface area contributed by atoms with E-state index in [0.717, 1.165) is 0 Å². The van der Waals surface area contributed by atoms with Gasteiger partial charge in [-0.1, -0.05) is 6.92 Å². The fraction of sp³-hybridized carbons (Fsp3) is 0.385. The van der Waals surface area contributed by atoms with E-state index in [1.54, 1.807) is 19.9 Å². The highest BCUT2D eigenvalue weighted by atomic mass is 32.2. The van der Waals surface area contributed by atoms with Crippen LogP contribution in [0, 0.1) is 11.3 Å². The molecule has 0 aromatic heterocycles. The number of carbonyl (C=O) groups is 1. The molecular formula is C13H12F3NO2S. The third kappa shape index (κ3) is 4.17. The van der Waals surface area contributed by atoms with Gasteiger partial charge in [0.25, 0.3) is 0 Å². The number of hydrogen-bond donors (Lipinski definition) is 0. The van der Waals surface area contributed by atoms with Crippen molar-refractivity contribution in [1.82, 2.24) is 0 Å². The summed E-state index contributed by atoms with van der Waals surface area (Å²) in [6, 6.07) is 4.43. The average molecular weight is 303 g/mol. The molecule has 0 amide bonds. The van der Waals surface area contributed by atoms with Crippen LogP contribution < -0.4 is 0 Å². The first-order chi connectivity index (χ1) is 9.32. The molecule has 1 aromatic rings. The van der Waals surface area contributed by atoms with Crippen LogP contribution in [0.15, 0.2) is 17.0 Å². The Morgan fingerprint density at radius 2 is 2.05 bits per heavy atom. The molecule has 1 rings (SSSR count). The molecule has 0 aliphatic heterocycles. The highest BCUT2D eigenvalue weighted by Gasteiger charge is 2.33. The van der Waals surface area contributed by atoms with Crippen LogP contribution in [0.25, 0.3) is 0 Å². The van der Waals surface area contributed by atoms with Crippen LogP contribution in [0.3, 0.4) is 0 Å². The van der Waals surface area contributed by atoms with Gasteiger partial charge in [0.15, 0.2) is 0 Å². The van der Waals surface area contributed by atoms with Crippen molar-refractivity contribution in [2.75, 3.05) is 6.61 Å². The maximum atomic E-state index is 12.6. The second kappa shape index (κ2) is 6.66. The van der Waals surface area contributed by atoms with Gasteiger partial charge in [0, 0.05) is 4.90 Å². The topological polar surface area (TPSA) is 50.1 Å². The molecule has 0 atom stereocenters. The first-order valence-electron chi connectivity index (χ1n) is 5.82. The number of nitriles is 1. The second-order valence-electron chi connectivity index (χ2n) is 3.75. The number of ether oxygens (including phenoxy) is 1. The first-order valence-corrected chi connectivity index (χ1v) is 6.63. The Bertz CT molecular complexity index is 550. The molecular weight excluding hydrogens is 291 g/mol. The van der Waals surface area contributed by atoms with Crippen LogP contribution in [-0.2, 0) is 11.2 Å². The smallest absolute Gasteiger partial charge is 0.446 e. The highest BCUT2D eigenvalue weighted by Crippen LogP contribution is 2.40. The lowest BCUT2D eigenvalue weighted by molar-refractivity contribution is -0.0328. The van der Waals surface area contributed by atoms with Gasteiger partial charge in [-0.25, -0.2) is 4.79 Å². The molecule has 0 saturated carbocycles. The predicted molar refractivity (Wildman–Crippen MR) is 68.4 cm³/mol. The number of hydrogen-bond acceptors (Lipinski definition) is 4. The van der Waals surface area contributed by atoms with E-state index >= 15 is 0 Å². The fourth-order valence-corrected chi connectivity index (χ4v) is 2.34. The normalized spacial score (nSPS) is 11.0. The van der Waals surface area contributed by atoms with E-state index in [4.69, 9.17) is 10.00 Å². The van der Waals surface area contributed by atoms with E-state index in [9.17, 15) is 18.0 Å². The Morgan fingerprint density at radius 3 is 2.50 bits per heavy atom. The number of aryl methyl sites for hydroxylation is 1. The van der Waals surface area contributed by atoms with Gasteiger partial charge in [-0.15, -0.1) is 0 Å². The maximum absolute atomic E-state index is 12.6. The van der Waals surface area contributed by atoms with Gasteiger partial charge in [-0.3, -0.25) is 0 Å². The van der Waals surface area contributed by atoms with Gasteiger partial charge in [0.1, 0.15) is 6.07 Å². The molecule has 0 heterocycles. The minimum absolute atomic E-state index is 0.0232. The summed E-state index contributed by atoms with van der Waals surface area (Å²) in [7, 11) is 0. The van der Waals surface area contributed by atoms with Crippen LogP contribution in [-0.4, -0.2) is 18.1 Å². The zero-order valence-electron chi connectivity index (χ0n) is 10.9. The Morgan fingerprint density at radius 1 is 1.40 bits per heavy atom. The molecule has 1 aromatic carbocycles. The van der Waals surface area contributed by atoms with E-state index < -0.39 is 23.2 Å². The summed E-state index contributed by atoms with van der Waals surface area (Å²) in [6.45, 7) is 3.32. The Labute approximate surface area is 118 Å². The van der Waals surface area contributed by atoms with Crippen molar-refractivity contribution < 1.29 is 22.7 Å². The van der Waals surface area contributed by atoms with Crippen molar-refractivity contribution in [3.63, 3.8) is 0 Å². The number of benzene rings is 1. The number of carbonyl (C=O) groups excluding carboxylic acids is 1. The quantitative estimate of drug-likeness (QED) is 0.625. The Kier molecular flexibility index (Phi) is 5.45. The van der Waals surface area contributed by atoms with Gasteiger partial charge in [0.05, 0.1) is 17.7 Å². The van der Waals surface area contributed by atoms with Crippen molar-refractivity contribution in [2.45, 2.75) is 30.7 Å². The molecule has 0 aliphatic carbocycles. The van der Waals surface area contributed by atoms with Gasteiger partial charge in [-0.2, -0.15) is 18.4 Å². The molecule has 0 radical (unpaired) electrons. The predicted octanol–water partition coefficient (Wildman–Crippen LogP) is 3.91. The molecule has 0 N–H and O–H groups in total. The summed E-state index contributed by atoms with van der Waals surface area (Å²) in [4.78, 5) is 11.5. The Balaban J connectivity index is 3.43. The van der Waals surface area contributed by atoms with Crippen LogP contribution in [0.4, 0.5) is 13.2 Å². The van der Waals surface area contributed by atoms with E-state index in [1.807, 2.05) is 0 Å². The fourth-order valence-electron chi connectivity index (χ4n) is 1.58. The van der Waals surface area contributed by atoms with Gasteiger partial charge in [-0.05, 0) is 42.8 Å². The third-order valence-electron chi connectivity index (χ3n) is 2.40. The van der Waals surface area contributed by atoms with Crippen molar-refractivity contribution in [1.29, 1.82) is 5.26 Å². The van der Waals surface area contributed by atoms with Crippen LogP contribution in [0.1, 0.15) is 35.3 Å². The monoisotopic (exact) mass is 303 g/mol. The summed E-state index contributed by atoms with van der Waals surface area (Å²) >= 11 is -0.411. The first kappa shape index (κ1) is 16.4. The molecule has 108 valence electrons. The van der Waals surface area contributed by atoms with Crippen LogP contribution in [0.2, 0.25) is 0 Å². The van der Waals surface area contributed by atoms with E-state index in [1.165, 1.54) is 12.1 Å². The lowest BCUT2D eigenvalue weighted by Crippen LogP contribution is -2.11. The zero-order chi connectivity index (χ0) is 15.3. The molecule has 7 heteroatoms. The molecule has 0 unspecified atom stereocenters. The largest absolute Gasteiger partial charge is 0.462 e. The van der Waals surface area contributed by atoms with Crippen molar-refractivity contribution in [2.24, 2.45) is 0 Å². The lowest BCUT2D eigenvalue weighted by atomic mass is 10.0. The van der Waals surface area contributed by atoms with E-state index in [-0.39, 0.29) is 22.6 Å². The Hall–Kier alpha value is -1.68. The van der Waals surface area contributed by atoms with Gasteiger partial charge in [0.2, 0.25) is 0 Å². The molecule has 0 aliphatic rings. The molecule has 0 spiro atoms. The summed E-state index contributed by atoms with van der Waals surface area (Å²) < 4.78 is 42.4. The zero-order valence-corrected chi connectivity index (χ0v) is 11.7. The summed E-state index contributed by atoms with van der Waals surface area (Å²) in [6.07, 6.45) is 0.462. The van der Waals surface area contributed by atoms with Crippen LogP contribution >= 0.6 is 11.8 Å². The van der Waals surface area contributed by atoms with Crippen molar-refractivity contribution in [3.05, 3.63) is 28.8 Å². The third-order valence-corrected chi connectivity index (χ3v) is 3.17. The van der Waals surface area contributed by atoms with Crippen LogP contribution in [0.5, 0.6) is 0 Å². The van der Waals surface area contributed by atoms with E-state index in [0.29, 0.717) is 12.0 Å². The molecule has 0 saturated heterocycles. The number of nitrogens with zero attached hydrogens (tertiary/aromatic N) is 1. The molecule has 0 fully saturated rings. The molecule has 3 nitrogen and oxygen atoms in total. The number of halogens is 3. The SMILES string of the molecule is CCOC(=O)c1c(C#N)cc(CC)cc1SC(F)(F)F. The summed E-state index contributed by atoms with van der Waals surface area (Å²) in [5.41, 5.74) is -4.41. The number of esters is 1. The number of rotatable bonds is 4. The van der Waals surface area contributed by atoms with Gasteiger partial charge >= 0.3 is 11.5 Å². The summed E-state index contributed by atoms with van der Waals surface area (Å²) in [5, 5.41) is 9.03. The summed E-state index contributed by atoms with van der Waals surface area (Å²) in [5.74, 6) is -0.918. The number of alkyl halides is 3. The number of thioether (sulfide) groups is 1. The van der Waals surface area contributed by atoms with Crippen molar-refractivity contribution in [3.8, 4) is 6.07 Å². The standard InChI is InChI=1S/C13H12F3NO2S/c1-3-8-5-9(7-17)11(12(18)19-4-2)10(6-8)20-13(14,15)16/h5-6H,3-4H2,1-2H3. The second-order valence-corrected chi connectivity index (χ2v) is 4.86. The minimum Gasteiger partial charge on any atom is -0.462 e. The van der Waals surface area contributed by atoms with Crippen molar-refractivity contribution >= 4 is 17.7 Å². The minimum atomic E-state index is -4.54. The maximum Gasteiger partial charge on any atom is 0.446 e. The lowest BCUT2D eigenvalue weighted by Gasteiger charge is -2.13. The van der Waals surface area contributed by atoms with Gasteiger partial charge < -0.3 is 4.74 Å². The molecule has 20 heavy (non-hydrogen) atoms. The highest BCUT2D eigenvalue weighted by molar-refractivity contribution is 8.00. The van der Waals surface area contributed by atoms with E-state index in [2.05, 4.69) is 0 Å².